The van der Waals surface area contributed by atoms with E-state index in [2.05, 4.69) is 5.32 Å². The summed E-state index contributed by atoms with van der Waals surface area (Å²) in [6.07, 6.45) is -2.41. The summed E-state index contributed by atoms with van der Waals surface area (Å²) in [5.41, 5.74) is 0. The van der Waals surface area contributed by atoms with Gasteiger partial charge in [-0.2, -0.15) is 0 Å². The van der Waals surface area contributed by atoms with E-state index in [0.29, 0.717) is 19.5 Å². The van der Waals surface area contributed by atoms with E-state index in [-0.39, 0.29) is 18.5 Å². The number of piperidine rings is 1. The number of hydrogen-bond acceptors (Lipinski definition) is 4. The second kappa shape index (κ2) is 6.96. The SMILES string of the molecule is CC(O)C1CC(NCC(F)F)CN(CC(=O)O)C1. The maximum atomic E-state index is 12.1. The van der Waals surface area contributed by atoms with Crippen LogP contribution in [0, 0.1) is 5.92 Å². The minimum Gasteiger partial charge on any atom is -0.480 e. The van der Waals surface area contributed by atoms with Crippen LogP contribution in [0.4, 0.5) is 8.78 Å². The molecule has 1 rings (SSSR count). The maximum absolute atomic E-state index is 12.1. The van der Waals surface area contributed by atoms with Crippen LogP contribution in [0.3, 0.4) is 0 Å². The fourth-order valence-electron chi connectivity index (χ4n) is 2.31. The molecule has 3 unspecified atom stereocenters. The Bertz CT molecular complexity index is 277. The van der Waals surface area contributed by atoms with Crippen LogP contribution < -0.4 is 5.32 Å². The number of carboxylic acid groups (broad SMARTS) is 1. The molecule has 1 aliphatic rings. The lowest BCUT2D eigenvalue weighted by Crippen LogP contribution is -2.53. The van der Waals surface area contributed by atoms with E-state index in [1.54, 1.807) is 11.8 Å². The number of aliphatic carboxylic acids is 1. The first-order valence-corrected chi connectivity index (χ1v) is 6.02. The van der Waals surface area contributed by atoms with Crippen molar-refractivity contribution in [2.24, 2.45) is 5.92 Å². The zero-order valence-corrected chi connectivity index (χ0v) is 10.4. The summed E-state index contributed by atoms with van der Waals surface area (Å²) in [7, 11) is 0. The van der Waals surface area contributed by atoms with Gasteiger partial charge in [-0.05, 0) is 19.3 Å². The molecule has 0 aliphatic carbocycles. The number of aliphatic hydroxyl groups is 1. The number of alkyl halides is 2. The van der Waals surface area contributed by atoms with Crippen LogP contribution in [0.25, 0.3) is 0 Å². The second-order valence-corrected chi connectivity index (χ2v) is 4.82. The van der Waals surface area contributed by atoms with Crippen LogP contribution >= 0.6 is 0 Å². The Morgan fingerprint density at radius 1 is 1.50 bits per heavy atom. The summed E-state index contributed by atoms with van der Waals surface area (Å²) in [5.74, 6) is -1.04. The predicted molar refractivity (Wildman–Crippen MR) is 61.7 cm³/mol. The quantitative estimate of drug-likeness (QED) is 0.631. The third kappa shape index (κ3) is 5.24. The van der Waals surface area contributed by atoms with E-state index in [9.17, 15) is 18.7 Å². The molecule has 0 bridgehead atoms. The summed E-state index contributed by atoms with van der Waals surface area (Å²) in [6.45, 7) is 2.01. The van der Waals surface area contributed by atoms with Crippen LogP contribution in [-0.2, 0) is 4.79 Å². The Hall–Kier alpha value is -0.790. The molecule has 0 spiro atoms. The van der Waals surface area contributed by atoms with Crippen LogP contribution in [0.1, 0.15) is 13.3 Å². The van der Waals surface area contributed by atoms with Gasteiger partial charge < -0.3 is 15.5 Å². The fraction of sp³-hybridized carbons (Fsp3) is 0.909. The highest BCUT2D eigenvalue weighted by molar-refractivity contribution is 5.69. The normalized spacial score (nSPS) is 27.4. The second-order valence-electron chi connectivity index (χ2n) is 4.82. The maximum Gasteiger partial charge on any atom is 0.317 e. The lowest BCUT2D eigenvalue weighted by atomic mass is 9.90. The number of hydrogen-bond donors (Lipinski definition) is 3. The van der Waals surface area contributed by atoms with Gasteiger partial charge in [-0.25, -0.2) is 8.78 Å². The van der Waals surface area contributed by atoms with Crippen molar-refractivity contribution in [3.8, 4) is 0 Å². The van der Waals surface area contributed by atoms with E-state index < -0.39 is 25.0 Å². The minimum absolute atomic E-state index is 0.0896. The third-order valence-electron chi connectivity index (χ3n) is 3.16. The first-order chi connectivity index (χ1) is 8.38. The molecule has 3 N–H and O–H groups in total. The number of aliphatic hydroxyl groups excluding tert-OH is 1. The number of rotatable bonds is 6. The molecule has 1 heterocycles. The van der Waals surface area contributed by atoms with Gasteiger partial charge in [0.1, 0.15) is 0 Å². The Morgan fingerprint density at radius 3 is 2.67 bits per heavy atom. The number of likely N-dealkylation sites (tertiary alicyclic amines) is 1. The molecule has 0 radical (unpaired) electrons. The largest absolute Gasteiger partial charge is 0.480 e. The summed E-state index contributed by atoms with van der Waals surface area (Å²) in [6, 6.07) is -0.202. The molecule has 18 heavy (non-hydrogen) atoms. The Balaban J connectivity index is 2.53. The minimum atomic E-state index is -2.43. The summed E-state index contributed by atoms with van der Waals surface area (Å²) in [4.78, 5) is 12.3. The summed E-state index contributed by atoms with van der Waals surface area (Å²) in [5, 5.41) is 21.0. The molecular weight excluding hydrogens is 246 g/mol. The summed E-state index contributed by atoms with van der Waals surface area (Å²) < 4.78 is 24.3. The van der Waals surface area contributed by atoms with Gasteiger partial charge in [0.05, 0.1) is 19.2 Å². The first kappa shape index (κ1) is 15.3. The highest BCUT2D eigenvalue weighted by atomic mass is 19.3. The number of halogens is 2. The molecular formula is C11H20F2N2O3. The molecule has 7 heteroatoms. The number of carbonyl (C=O) groups is 1. The van der Waals surface area contributed by atoms with E-state index >= 15 is 0 Å². The van der Waals surface area contributed by atoms with Gasteiger partial charge in [-0.3, -0.25) is 9.69 Å². The molecule has 5 nitrogen and oxygen atoms in total. The molecule has 106 valence electrons. The van der Waals surface area contributed by atoms with Gasteiger partial charge in [0.2, 0.25) is 0 Å². The van der Waals surface area contributed by atoms with Crippen molar-refractivity contribution in [2.75, 3.05) is 26.2 Å². The van der Waals surface area contributed by atoms with Crippen molar-refractivity contribution in [1.82, 2.24) is 10.2 Å². The lowest BCUT2D eigenvalue weighted by molar-refractivity contribution is -0.139. The van der Waals surface area contributed by atoms with Crippen LogP contribution in [0.2, 0.25) is 0 Å². The van der Waals surface area contributed by atoms with Gasteiger partial charge >= 0.3 is 5.97 Å². The average Bonchev–Trinajstić information content (AvgIpc) is 2.25. The van der Waals surface area contributed by atoms with Crippen LogP contribution in [0.5, 0.6) is 0 Å². The third-order valence-corrected chi connectivity index (χ3v) is 3.16. The first-order valence-electron chi connectivity index (χ1n) is 6.02. The van der Waals surface area contributed by atoms with Crippen molar-refractivity contribution < 1.29 is 23.8 Å². The molecule has 1 aliphatic heterocycles. The molecule has 0 aromatic rings. The zero-order chi connectivity index (χ0) is 13.7. The highest BCUT2D eigenvalue weighted by Gasteiger charge is 2.30. The standard InChI is InChI=1S/C11H20F2N2O3/c1-7(16)8-2-9(14-3-10(12)13)5-15(4-8)6-11(17)18/h7-10,14,16H,2-6H2,1H3,(H,17,18). The number of nitrogens with one attached hydrogen (secondary N) is 1. The van der Waals surface area contributed by atoms with E-state index in [1.165, 1.54) is 0 Å². The van der Waals surface area contributed by atoms with Gasteiger partial charge in [0.25, 0.3) is 6.43 Å². The average molecular weight is 266 g/mol. The molecule has 0 aromatic carbocycles. The van der Waals surface area contributed by atoms with Crippen molar-refractivity contribution in [2.45, 2.75) is 31.9 Å². The van der Waals surface area contributed by atoms with Gasteiger partial charge in [0.15, 0.2) is 0 Å². The smallest absolute Gasteiger partial charge is 0.317 e. The Morgan fingerprint density at radius 2 is 2.17 bits per heavy atom. The van der Waals surface area contributed by atoms with E-state index in [0.717, 1.165) is 0 Å². The Labute approximate surface area is 105 Å². The van der Waals surface area contributed by atoms with Crippen molar-refractivity contribution in [3.05, 3.63) is 0 Å². The van der Waals surface area contributed by atoms with Gasteiger partial charge in [-0.15, -0.1) is 0 Å². The van der Waals surface area contributed by atoms with E-state index in [4.69, 9.17) is 5.11 Å². The van der Waals surface area contributed by atoms with Crippen molar-refractivity contribution in [3.63, 3.8) is 0 Å². The van der Waals surface area contributed by atoms with Crippen LogP contribution in [-0.4, -0.2) is 65.8 Å². The zero-order valence-electron chi connectivity index (χ0n) is 10.4. The molecule has 0 aromatic heterocycles. The fourth-order valence-corrected chi connectivity index (χ4v) is 2.31. The number of carboxylic acids is 1. The highest BCUT2D eigenvalue weighted by Crippen LogP contribution is 2.20. The van der Waals surface area contributed by atoms with E-state index in [1.807, 2.05) is 0 Å². The molecule has 0 saturated carbocycles. The summed E-state index contributed by atoms with van der Waals surface area (Å²) >= 11 is 0. The van der Waals surface area contributed by atoms with Gasteiger partial charge in [-0.1, -0.05) is 0 Å². The predicted octanol–water partition coefficient (Wildman–Crippen LogP) is -0.00300. The molecule has 1 fully saturated rings. The number of nitrogens with zero attached hydrogens (tertiary/aromatic N) is 1. The topological polar surface area (TPSA) is 72.8 Å². The monoisotopic (exact) mass is 266 g/mol. The molecule has 0 amide bonds. The Kier molecular flexibility index (Phi) is 5.90. The molecule has 1 saturated heterocycles. The lowest BCUT2D eigenvalue weighted by Gasteiger charge is -2.38. The van der Waals surface area contributed by atoms with Gasteiger partial charge in [0, 0.05) is 19.1 Å². The molecule has 3 atom stereocenters. The van der Waals surface area contributed by atoms with Crippen molar-refractivity contribution in [1.29, 1.82) is 0 Å². The van der Waals surface area contributed by atoms with Crippen molar-refractivity contribution >= 4 is 5.97 Å². The van der Waals surface area contributed by atoms with Crippen LogP contribution in [0.15, 0.2) is 0 Å².